The number of hydrogen-bond acceptors (Lipinski definition) is 1. The summed E-state index contributed by atoms with van der Waals surface area (Å²) in [5.41, 5.74) is 1.16. The lowest BCUT2D eigenvalue weighted by molar-refractivity contribution is 0.0718. The molecule has 0 aromatic heterocycles. The Hall–Kier alpha value is -1.57. The zero-order valence-electron chi connectivity index (χ0n) is 18.7. The Kier molecular flexibility index (Phi) is 7.33. The standard InChI is InChI=1S/C28H39FO/c1-3-5-20-6-7-25-18-24(13-12-23(25)17-20)21-8-10-22(11-9-21)26-14-15-28(27(29)19-26)30-16-4-2/h3-5,14-15,19-25H,2,6-13,16-18H2,1H3/b5-3+. The van der Waals surface area contributed by atoms with Crippen LogP contribution >= 0.6 is 0 Å². The monoisotopic (exact) mass is 410 g/mol. The molecule has 3 fully saturated rings. The molecular weight excluding hydrogens is 371 g/mol. The maximum Gasteiger partial charge on any atom is 0.165 e. The Balaban J connectivity index is 1.28. The summed E-state index contributed by atoms with van der Waals surface area (Å²) in [6.07, 6.45) is 20.1. The van der Waals surface area contributed by atoms with E-state index in [0.717, 1.165) is 35.2 Å². The molecule has 0 N–H and O–H groups in total. The van der Waals surface area contributed by atoms with Gasteiger partial charge in [0.05, 0.1) is 0 Å². The Bertz CT molecular complexity index is 730. The molecule has 3 saturated carbocycles. The van der Waals surface area contributed by atoms with Gasteiger partial charge in [-0.15, -0.1) is 0 Å². The van der Waals surface area contributed by atoms with Crippen LogP contribution in [0.5, 0.6) is 5.75 Å². The predicted octanol–water partition coefficient (Wildman–Crippen LogP) is 8.07. The lowest BCUT2D eigenvalue weighted by atomic mass is 9.61. The second-order valence-electron chi connectivity index (χ2n) is 10.1. The summed E-state index contributed by atoms with van der Waals surface area (Å²) in [6, 6.07) is 5.57. The number of halogens is 1. The van der Waals surface area contributed by atoms with Gasteiger partial charge in [-0.1, -0.05) is 30.9 Å². The van der Waals surface area contributed by atoms with E-state index in [0.29, 0.717) is 18.3 Å². The minimum atomic E-state index is -0.233. The minimum Gasteiger partial charge on any atom is -0.486 e. The smallest absolute Gasteiger partial charge is 0.165 e. The summed E-state index contributed by atoms with van der Waals surface area (Å²) in [6.45, 7) is 6.14. The number of allylic oxidation sites excluding steroid dienone is 2. The van der Waals surface area contributed by atoms with Gasteiger partial charge in [0.15, 0.2) is 11.6 Å². The van der Waals surface area contributed by atoms with Crippen molar-refractivity contribution in [2.45, 2.75) is 77.0 Å². The zero-order valence-corrected chi connectivity index (χ0v) is 18.7. The summed E-state index contributed by atoms with van der Waals surface area (Å²) in [5.74, 6) is 5.27. The highest BCUT2D eigenvalue weighted by Gasteiger charge is 2.38. The van der Waals surface area contributed by atoms with E-state index >= 15 is 0 Å². The summed E-state index contributed by atoms with van der Waals surface area (Å²) < 4.78 is 19.8. The second-order valence-corrected chi connectivity index (χ2v) is 10.1. The molecule has 0 spiro atoms. The molecule has 0 bridgehead atoms. The van der Waals surface area contributed by atoms with Crippen LogP contribution in [0.4, 0.5) is 4.39 Å². The molecule has 0 aliphatic heterocycles. The Morgan fingerprint density at radius 1 is 0.933 bits per heavy atom. The molecule has 4 atom stereocenters. The van der Waals surface area contributed by atoms with Crippen molar-refractivity contribution in [2.75, 3.05) is 6.61 Å². The lowest BCUT2D eigenvalue weighted by Crippen LogP contribution is -2.34. The molecule has 164 valence electrons. The number of benzene rings is 1. The molecule has 0 radical (unpaired) electrons. The van der Waals surface area contributed by atoms with Gasteiger partial charge in [0, 0.05) is 0 Å². The highest BCUT2D eigenvalue weighted by Crippen LogP contribution is 2.50. The van der Waals surface area contributed by atoms with Gasteiger partial charge in [-0.05, 0) is 124 Å². The first kappa shape index (κ1) is 21.7. The van der Waals surface area contributed by atoms with Crippen molar-refractivity contribution in [3.05, 3.63) is 54.4 Å². The van der Waals surface area contributed by atoms with E-state index in [9.17, 15) is 4.39 Å². The van der Waals surface area contributed by atoms with E-state index < -0.39 is 0 Å². The third-order valence-electron chi connectivity index (χ3n) is 8.38. The van der Waals surface area contributed by atoms with Gasteiger partial charge in [-0.2, -0.15) is 0 Å². The van der Waals surface area contributed by atoms with Crippen molar-refractivity contribution in [1.29, 1.82) is 0 Å². The van der Waals surface area contributed by atoms with Crippen LogP contribution in [0.15, 0.2) is 43.0 Å². The summed E-state index contributed by atoms with van der Waals surface area (Å²) in [7, 11) is 0. The van der Waals surface area contributed by atoms with Crippen LogP contribution in [0.25, 0.3) is 0 Å². The first-order chi connectivity index (χ1) is 14.7. The van der Waals surface area contributed by atoms with Crippen molar-refractivity contribution in [1.82, 2.24) is 0 Å². The highest BCUT2D eigenvalue weighted by molar-refractivity contribution is 5.31. The van der Waals surface area contributed by atoms with Gasteiger partial charge >= 0.3 is 0 Å². The maximum atomic E-state index is 14.4. The van der Waals surface area contributed by atoms with E-state index in [-0.39, 0.29) is 5.82 Å². The van der Waals surface area contributed by atoms with Gasteiger partial charge in [0.2, 0.25) is 0 Å². The van der Waals surface area contributed by atoms with Gasteiger partial charge < -0.3 is 4.74 Å². The SMILES string of the molecule is C=CCOc1ccc(C2CCC(C3CCC4CC(/C=C/C)CCC4C3)CC2)cc1F. The molecule has 4 unspecified atom stereocenters. The summed E-state index contributed by atoms with van der Waals surface area (Å²) in [5, 5.41) is 0. The first-order valence-electron chi connectivity index (χ1n) is 12.3. The third kappa shape index (κ3) is 5.01. The van der Waals surface area contributed by atoms with Gasteiger partial charge in [-0.3, -0.25) is 0 Å². The number of ether oxygens (including phenoxy) is 1. The fourth-order valence-electron chi connectivity index (χ4n) is 6.80. The average molecular weight is 411 g/mol. The Morgan fingerprint density at radius 2 is 1.60 bits per heavy atom. The molecule has 4 rings (SSSR count). The molecule has 1 nitrogen and oxygen atoms in total. The van der Waals surface area contributed by atoms with Crippen LogP contribution in [0.2, 0.25) is 0 Å². The first-order valence-corrected chi connectivity index (χ1v) is 12.3. The van der Waals surface area contributed by atoms with E-state index in [1.807, 2.05) is 0 Å². The zero-order chi connectivity index (χ0) is 20.9. The Labute approximate surface area is 182 Å². The topological polar surface area (TPSA) is 9.23 Å². The molecule has 1 aromatic rings. The fourth-order valence-corrected chi connectivity index (χ4v) is 6.80. The fraction of sp³-hybridized carbons (Fsp3) is 0.643. The van der Waals surface area contributed by atoms with Gasteiger partial charge in [-0.25, -0.2) is 4.39 Å². The van der Waals surface area contributed by atoms with Crippen LogP contribution in [0.3, 0.4) is 0 Å². The molecular formula is C28H39FO. The quantitative estimate of drug-likeness (QED) is 0.431. The van der Waals surface area contributed by atoms with Crippen molar-refractivity contribution in [3.63, 3.8) is 0 Å². The van der Waals surface area contributed by atoms with Crippen LogP contribution in [-0.4, -0.2) is 6.61 Å². The van der Waals surface area contributed by atoms with E-state index in [1.54, 1.807) is 18.2 Å². The summed E-state index contributed by atoms with van der Waals surface area (Å²) in [4.78, 5) is 0. The molecule has 30 heavy (non-hydrogen) atoms. The van der Waals surface area contributed by atoms with Crippen LogP contribution in [-0.2, 0) is 0 Å². The second kappa shape index (κ2) is 10.2. The van der Waals surface area contributed by atoms with E-state index in [1.165, 1.54) is 64.2 Å². The Morgan fingerprint density at radius 3 is 2.30 bits per heavy atom. The van der Waals surface area contributed by atoms with Crippen LogP contribution in [0.1, 0.15) is 82.6 Å². The van der Waals surface area contributed by atoms with Gasteiger partial charge in [0.25, 0.3) is 0 Å². The molecule has 0 heterocycles. The lowest BCUT2D eigenvalue weighted by Gasteiger charge is -2.45. The number of fused-ring (bicyclic) bond motifs is 1. The third-order valence-corrected chi connectivity index (χ3v) is 8.38. The molecule has 3 aliphatic carbocycles. The van der Waals surface area contributed by atoms with Crippen molar-refractivity contribution >= 4 is 0 Å². The molecule has 3 aliphatic rings. The molecule has 0 amide bonds. The van der Waals surface area contributed by atoms with Crippen molar-refractivity contribution in [2.24, 2.45) is 29.6 Å². The number of rotatable bonds is 6. The predicted molar refractivity (Wildman–Crippen MR) is 123 cm³/mol. The van der Waals surface area contributed by atoms with E-state index in [2.05, 4.69) is 31.7 Å². The molecule has 0 saturated heterocycles. The maximum absolute atomic E-state index is 14.4. The summed E-state index contributed by atoms with van der Waals surface area (Å²) >= 11 is 0. The van der Waals surface area contributed by atoms with Crippen LogP contribution < -0.4 is 4.74 Å². The normalized spacial score (nSPS) is 34.5. The highest BCUT2D eigenvalue weighted by atomic mass is 19.1. The molecule has 1 aromatic carbocycles. The number of hydrogen-bond donors (Lipinski definition) is 0. The largest absolute Gasteiger partial charge is 0.486 e. The van der Waals surface area contributed by atoms with E-state index in [4.69, 9.17) is 4.74 Å². The average Bonchev–Trinajstić information content (AvgIpc) is 2.78. The molecule has 2 heteroatoms. The van der Waals surface area contributed by atoms with Crippen molar-refractivity contribution < 1.29 is 9.13 Å². The minimum absolute atomic E-state index is 0.233. The van der Waals surface area contributed by atoms with Gasteiger partial charge in [0.1, 0.15) is 6.61 Å². The van der Waals surface area contributed by atoms with Crippen LogP contribution in [0, 0.1) is 35.4 Å². The van der Waals surface area contributed by atoms with Crippen molar-refractivity contribution in [3.8, 4) is 5.75 Å².